The molecule has 0 bridgehead atoms. The SMILES string of the molecule is COc1cc(CNCCCCNc2ccccn2)ccc1OC(C)C. The van der Waals surface area contributed by atoms with E-state index in [-0.39, 0.29) is 6.10 Å². The molecule has 5 nitrogen and oxygen atoms in total. The van der Waals surface area contributed by atoms with Crippen LogP contribution in [0.25, 0.3) is 0 Å². The molecule has 0 saturated heterocycles. The molecule has 0 fully saturated rings. The van der Waals surface area contributed by atoms with Gasteiger partial charge in [0.05, 0.1) is 13.2 Å². The predicted octanol–water partition coefficient (Wildman–Crippen LogP) is 3.86. The Morgan fingerprint density at radius 3 is 2.60 bits per heavy atom. The van der Waals surface area contributed by atoms with E-state index in [2.05, 4.69) is 21.7 Å². The molecule has 0 atom stereocenters. The summed E-state index contributed by atoms with van der Waals surface area (Å²) < 4.78 is 11.2. The standard InChI is InChI=1S/C20H29N3O2/c1-16(2)25-18-10-9-17(14-19(18)24-3)15-21-11-6-7-13-23-20-8-4-5-12-22-20/h4-5,8-10,12,14,16,21H,6-7,11,13,15H2,1-3H3,(H,22,23). The second-order valence-electron chi connectivity index (χ2n) is 6.18. The van der Waals surface area contributed by atoms with Crippen LogP contribution in [0, 0.1) is 0 Å². The van der Waals surface area contributed by atoms with Crippen LogP contribution in [0.4, 0.5) is 5.82 Å². The molecule has 0 aliphatic heterocycles. The van der Waals surface area contributed by atoms with E-state index in [0.29, 0.717) is 0 Å². The first-order valence-corrected chi connectivity index (χ1v) is 8.88. The Kier molecular flexibility index (Phi) is 8.05. The molecule has 5 heteroatoms. The largest absolute Gasteiger partial charge is 0.493 e. The molecule has 0 radical (unpaired) electrons. The maximum Gasteiger partial charge on any atom is 0.161 e. The fourth-order valence-electron chi connectivity index (χ4n) is 2.46. The van der Waals surface area contributed by atoms with E-state index in [1.807, 2.05) is 44.2 Å². The lowest BCUT2D eigenvalue weighted by atomic mass is 10.2. The van der Waals surface area contributed by atoms with Gasteiger partial charge in [-0.15, -0.1) is 0 Å². The highest BCUT2D eigenvalue weighted by atomic mass is 16.5. The summed E-state index contributed by atoms with van der Waals surface area (Å²) in [6.45, 7) is 6.77. The Bertz CT molecular complexity index is 618. The van der Waals surface area contributed by atoms with Crippen molar-refractivity contribution in [2.75, 3.05) is 25.5 Å². The van der Waals surface area contributed by atoms with E-state index in [1.54, 1.807) is 13.3 Å². The quantitative estimate of drug-likeness (QED) is 0.607. The molecule has 2 aromatic rings. The van der Waals surface area contributed by atoms with Crippen LogP contribution in [0.5, 0.6) is 11.5 Å². The Hall–Kier alpha value is -2.27. The van der Waals surface area contributed by atoms with Crippen molar-refractivity contribution in [3.05, 3.63) is 48.2 Å². The molecule has 1 aromatic heterocycles. The van der Waals surface area contributed by atoms with Crippen molar-refractivity contribution in [2.45, 2.75) is 39.3 Å². The molecule has 0 saturated carbocycles. The van der Waals surface area contributed by atoms with Crippen LogP contribution in [0.3, 0.4) is 0 Å². The number of methoxy groups -OCH3 is 1. The number of anilines is 1. The van der Waals surface area contributed by atoms with Gasteiger partial charge in [0.15, 0.2) is 11.5 Å². The third kappa shape index (κ3) is 7.01. The number of hydrogen-bond donors (Lipinski definition) is 2. The van der Waals surface area contributed by atoms with Gasteiger partial charge in [0.1, 0.15) is 5.82 Å². The summed E-state index contributed by atoms with van der Waals surface area (Å²) in [7, 11) is 1.67. The molecule has 0 spiro atoms. The van der Waals surface area contributed by atoms with E-state index < -0.39 is 0 Å². The molecule has 136 valence electrons. The minimum atomic E-state index is 0.137. The summed E-state index contributed by atoms with van der Waals surface area (Å²) in [6, 6.07) is 12.0. The Morgan fingerprint density at radius 1 is 1.04 bits per heavy atom. The lowest BCUT2D eigenvalue weighted by Crippen LogP contribution is -2.16. The fourth-order valence-corrected chi connectivity index (χ4v) is 2.46. The minimum Gasteiger partial charge on any atom is -0.493 e. The number of pyridine rings is 1. The predicted molar refractivity (Wildman–Crippen MR) is 102 cm³/mol. The van der Waals surface area contributed by atoms with Gasteiger partial charge in [-0.2, -0.15) is 0 Å². The number of aromatic nitrogens is 1. The van der Waals surface area contributed by atoms with E-state index in [9.17, 15) is 0 Å². The third-order valence-electron chi connectivity index (χ3n) is 3.67. The number of nitrogens with one attached hydrogen (secondary N) is 2. The van der Waals surface area contributed by atoms with Gasteiger partial charge in [0.2, 0.25) is 0 Å². The number of hydrogen-bond acceptors (Lipinski definition) is 5. The lowest BCUT2D eigenvalue weighted by molar-refractivity contribution is 0.230. The van der Waals surface area contributed by atoms with Crippen LogP contribution in [0.1, 0.15) is 32.3 Å². The van der Waals surface area contributed by atoms with Crippen LogP contribution < -0.4 is 20.1 Å². The first-order chi connectivity index (χ1) is 12.2. The van der Waals surface area contributed by atoms with Crippen LogP contribution in [0.15, 0.2) is 42.6 Å². The van der Waals surface area contributed by atoms with E-state index in [4.69, 9.17) is 9.47 Å². The van der Waals surface area contributed by atoms with Crippen molar-refractivity contribution < 1.29 is 9.47 Å². The Balaban J connectivity index is 1.64. The Morgan fingerprint density at radius 2 is 1.88 bits per heavy atom. The summed E-state index contributed by atoms with van der Waals surface area (Å²) in [5, 5.41) is 6.79. The average Bonchev–Trinajstić information content (AvgIpc) is 2.62. The maximum absolute atomic E-state index is 5.74. The highest BCUT2D eigenvalue weighted by Crippen LogP contribution is 2.28. The van der Waals surface area contributed by atoms with E-state index in [1.165, 1.54) is 5.56 Å². The first kappa shape index (κ1) is 19.1. The van der Waals surface area contributed by atoms with Gasteiger partial charge >= 0.3 is 0 Å². The van der Waals surface area contributed by atoms with Gasteiger partial charge in [-0.25, -0.2) is 4.98 Å². The normalized spacial score (nSPS) is 10.7. The monoisotopic (exact) mass is 343 g/mol. The second-order valence-corrected chi connectivity index (χ2v) is 6.18. The molecule has 1 aromatic carbocycles. The topological polar surface area (TPSA) is 55.4 Å². The van der Waals surface area contributed by atoms with Crippen molar-refractivity contribution in [2.24, 2.45) is 0 Å². The number of ether oxygens (including phenoxy) is 2. The number of benzene rings is 1. The molecule has 0 aliphatic carbocycles. The molecule has 0 amide bonds. The van der Waals surface area contributed by atoms with Crippen molar-refractivity contribution in [1.29, 1.82) is 0 Å². The average molecular weight is 343 g/mol. The van der Waals surface area contributed by atoms with Gasteiger partial charge in [0, 0.05) is 19.3 Å². The molecule has 25 heavy (non-hydrogen) atoms. The molecule has 0 unspecified atom stereocenters. The summed E-state index contributed by atoms with van der Waals surface area (Å²) in [5.41, 5.74) is 1.19. The summed E-state index contributed by atoms with van der Waals surface area (Å²) >= 11 is 0. The first-order valence-electron chi connectivity index (χ1n) is 8.88. The minimum absolute atomic E-state index is 0.137. The van der Waals surface area contributed by atoms with Crippen LogP contribution in [0.2, 0.25) is 0 Å². The van der Waals surface area contributed by atoms with Crippen LogP contribution in [-0.2, 0) is 6.54 Å². The number of rotatable bonds is 11. The Labute approximate surface area is 150 Å². The highest BCUT2D eigenvalue weighted by Gasteiger charge is 2.07. The molecular weight excluding hydrogens is 314 g/mol. The van der Waals surface area contributed by atoms with Crippen LogP contribution in [-0.4, -0.2) is 31.3 Å². The molecule has 2 rings (SSSR count). The maximum atomic E-state index is 5.74. The molecule has 2 N–H and O–H groups in total. The van der Waals surface area contributed by atoms with E-state index >= 15 is 0 Å². The van der Waals surface area contributed by atoms with E-state index in [0.717, 1.165) is 49.8 Å². The van der Waals surface area contributed by atoms with Crippen molar-refractivity contribution >= 4 is 5.82 Å². The summed E-state index contributed by atoms with van der Waals surface area (Å²) in [6.07, 6.45) is 4.16. The fraction of sp³-hybridized carbons (Fsp3) is 0.450. The number of nitrogens with zero attached hydrogens (tertiary/aromatic N) is 1. The number of unbranched alkanes of at least 4 members (excludes halogenated alkanes) is 1. The zero-order valence-electron chi connectivity index (χ0n) is 15.4. The molecule has 0 aliphatic rings. The van der Waals surface area contributed by atoms with Gasteiger partial charge in [-0.1, -0.05) is 12.1 Å². The summed E-state index contributed by atoms with van der Waals surface area (Å²) in [5.74, 6) is 2.51. The van der Waals surface area contributed by atoms with Crippen molar-refractivity contribution in [3.8, 4) is 11.5 Å². The summed E-state index contributed by atoms with van der Waals surface area (Å²) in [4.78, 5) is 4.24. The highest BCUT2D eigenvalue weighted by molar-refractivity contribution is 5.43. The van der Waals surface area contributed by atoms with Crippen molar-refractivity contribution in [1.82, 2.24) is 10.3 Å². The van der Waals surface area contributed by atoms with Gasteiger partial charge < -0.3 is 20.1 Å². The second kappa shape index (κ2) is 10.6. The smallest absolute Gasteiger partial charge is 0.161 e. The van der Waals surface area contributed by atoms with Gasteiger partial charge in [-0.05, 0) is 63.1 Å². The van der Waals surface area contributed by atoms with Crippen LogP contribution >= 0.6 is 0 Å². The van der Waals surface area contributed by atoms with Crippen molar-refractivity contribution in [3.63, 3.8) is 0 Å². The zero-order chi connectivity index (χ0) is 17.9. The molecule has 1 heterocycles. The van der Waals surface area contributed by atoms with Gasteiger partial charge in [0.25, 0.3) is 0 Å². The zero-order valence-corrected chi connectivity index (χ0v) is 15.4. The third-order valence-corrected chi connectivity index (χ3v) is 3.67. The van der Waals surface area contributed by atoms with Gasteiger partial charge in [-0.3, -0.25) is 0 Å². The lowest BCUT2D eigenvalue weighted by Gasteiger charge is -2.14. The molecular formula is C20H29N3O2.